The molecule has 0 radical (unpaired) electrons. The van der Waals surface area contributed by atoms with Crippen molar-refractivity contribution >= 4 is 32.8 Å². The van der Waals surface area contributed by atoms with Crippen molar-refractivity contribution in [1.82, 2.24) is 4.98 Å². The lowest BCUT2D eigenvalue weighted by atomic mass is 9.97. The largest absolute Gasteiger partial charge is 0.438 e. The van der Waals surface area contributed by atoms with E-state index < -0.39 is 6.37 Å². The van der Waals surface area contributed by atoms with Gasteiger partial charge in [-0.1, -0.05) is 38.1 Å². The molecular formula is C26H25N2O+. The van der Waals surface area contributed by atoms with Crippen LogP contribution in [0.4, 0.5) is 0 Å². The molecular weight excluding hydrogens is 356 g/mol. The molecule has 0 fully saturated rings. The summed E-state index contributed by atoms with van der Waals surface area (Å²) in [5, 5.41) is 4.32. The summed E-state index contributed by atoms with van der Waals surface area (Å²) in [6.07, 6.45) is 2.39. The molecule has 5 rings (SSSR count). The van der Waals surface area contributed by atoms with Gasteiger partial charge in [-0.15, -0.1) is 0 Å². The number of aromatic nitrogens is 2. The number of benzene rings is 2. The smallest absolute Gasteiger partial charge is 0.227 e. The number of hydrogen-bond acceptors (Lipinski definition) is 2. The third-order valence-corrected chi connectivity index (χ3v) is 5.45. The van der Waals surface area contributed by atoms with E-state index in [2.05, 4.69) is 36.2 Å². The molecule has 0 aliphatic carbocycles. The SMILES string of the molecule is [2H]C([2H])(c1cc[n+](C)c(-c2cc3oc4ncc5ccccc5c4c3cc2C)c1)C(C)C. The second kappa shape index (κ2) is 6.70. The summed E-state index contributed by atoms with van der Waals surface area (Å²) in [6, 6.07) is 16.3. The van der Waals surface area contributed by atoms with Crippen LogP contribution < -0.4 is 4.57 Å². The van der Waals surface area contributed by atoms with Crippen LogP contribution >= 0.6 is 0 Å². The fourth-order valence-corrected chi connectivity index (χ4v) is 4.09. The van der Waals surface area contributed by atoms with Crippen molar-refractivity contribution in [2.45, 2.75) is 27.1 Å². The van der Waals surface area contributed by atoms with Crippen LogP contribution in [-0.4, -0.2) is 4.98 Å². The van der Waals surface area contributed by atoms with E-state index in [1.165, 1.54) is 0 Å². The first-order valence-electron chi connectivity index (χ1n) is 11.0. The van der Waals surface area contributed by atoms with Crippen LogP contribution in [0.5, 0.6) is 0 Å². The van der Waals surface area contributed by atoms with E-state index in [-0.39, 0.29) is 5.92 Å². The molecule has 3 aromatic heterocycles. The van der Waals surface area contributed by atoms with Gasteiger partial charge in [-0.2, -0.15) is 0 Å². The molecule has 5 aromatic rings. The van der Waals surface area contributed by atoms with Crippen molar-refractivity contribution in [3.63, 3.8) is 0 Å². The number of rotatable bonds is 3. The molecule has 144 valence electrons. The Morgan fingerprint density at radius 3 is 2.76 bits per heavy atom. The van der Waals surface area contributed by atoms with Crippen LogP contribution in [-0.2, 0) is 13.4 Å². The molecule has 0 unspecified atom stereocenters. The van der Waals surface area contributed by atoms with E-state index in [4.69, 9.17) is 7.16 Å². The van der Waals surface area contributed by atoms with Gasteiger partial charge in [0.25, 0.3) is 0 Å². The maximum atomic E-state index is 8.52. The molecule has 0 atom stereocenters. The minimum absolute atomic E-state index is 0.119. The molecule has 3 heteroatoms. The maximum Gasteiger partial charge on any atom is 0.227 e. The summed E-state index contributed by atoms with van der Waals surface area (Å²) >= 11 is 0. The van der Waals surface area contributed by atoms with Crippen LogP contribution in [0.1, 0.15) is 27.7 Å². The van der Waals surface area contributed by atoms with Gasteiger partial charge in [0.15, 0.2) is 6.20 Å². The van der Waals surface area contributed by atoms with Gasteiger partial charge in [0.05, 0.1) is 10.9 Å². The van der Waals surface area contributed by atoms with Crippen LogP contribution in [0, 0.1) is 12.8 Å². The topological polar surface area (TPSA) is 29.9 Å². The molecule has 0 saturated carbocycles. The van der Waals surface area contributed by atoms with Gasteiger partial charge in [0.1, 0.15) is 12.6 Å². The summed E-state index contributed by atoms with van der Waals surface area (Å²) in [5.74, 6) is -0.119. The predicted molar refractivity (Wildman–Crippen MR) is 119 cm³/mol. The Hall–Kier alpha value is -3.20. The minimum atomic E-state index is -1.40. The highest BCUT2D eigenvalue weighted by Gasteiger charge is 2.19. The van der Waals surface area contributed by atoms with Crippen molar-refractivity contribution in [3.8, 4) is 11.3 Å². The molecule has 0 aliphatic rings. The number of fused-ring (bicyclic) bond motifs is 5. The molecule has 0 N–H and O–H groups in total. The second-order valence-corrected chi connectivity index (χ2v) is 8.00. The zero-order valence-electron chi connectivity index (χ0n) is 19.2. The highest BCUT2D eigenvalue weighted by atomic mass is 16.3. The fourth-order valence-electron chi connectivity index (χ4n) is 4.09. The quantitative estimate of drug-likeness (QED) is 0.351. The van der Waals surface area contributed by atoms with Crippen molar-refractivity contribution in [2.24, 2.45) is 13.0 Å². The van der Waals surface area contributed by atoms with Crippen molar-refractivity contribution in [3.05, 3.63) is 72.1 Å². The van der Waals surface area contributed by atoms with Crippen LogP contribution in [0.15, 0.2) is 65.3 Å². The number of hydrogen-bond donors (Lipinski definition) is 0. The average molecular weight is 384 g/mol. The van der Waals surface area contributed by atoms with E-state index in [0.29, 0.717) is 11.3 Å². The average Bonchev–Trinajstić information content (AvgIpc) is 3.11. The monoisotopic (exact) mass is 383 g/mol. The summed E-state index contributed by atoms with van der Waals surface area (Å²) in [7, 11) is 1.99. The first-order valence-corrected chi connectivity index (χ1v) is 9.98. The molecule has 2 aromatic carbocycles. The van der Waals surface area contributed by atoms with Gasteiger partial charge < -0.3 is 4.42 Å². The van der Waals surface area contributed by atoms with Crippen LogP contribution in [0.2, 0.25) is 0 Å². The Morgan fingerprint density at radius 1 is 1.10 bits per heavy atom. The van der Waals surface area contributed by atoms with Crippen molar-refractivity contribution in [2.75, 3.05) is 0 Å². The van der Waals surface area contributed by atoms with Gasteiger partial charge in [0.2, 0.25) is 11.4 Å². The number of pyridine rings is 2. The molecule has 3 nitrogen and oxygen atoms in total. The fraction of sp³-hybridized carbons (Fsp3) is 0.231. The van der Waals surface area contributed by atoms with E-state index in [1.54, 1.807) is 0 Å². The van der Waals surface area contributed by atoms with E-state index in [9.17, 15) is 0 Å². The molecule has 0 saturated heterocycles. The molecule has 29 heavy (non-hydrogen) atoms. The highest BCUT2D eigenvalue weighted by molar-refractivity contribution is 6.17. The molecule has 0 spiro atoms. The summed E-state index contributed by atoms with van der Waals surface area (Å²) in [5.41, 5.74) is 5.21. The first-order chi connectivity index (χ1) is 14.8. The van der Waals surface area contributed by atoms with Gasteiger partial charge in [-0.3, -0.25) is 0 Å². The Balaban J connectivity index is 1.76. The number of nitrogens with zero attached hydrogens (tertiary/aromatic N) is 2. The van der Waals surface area contributed by atoms with Gasteiger partial charge in [-0.05, 0) is 47.9 Å². The van der Waals surface area contributed by atoms with Gasteiger partial charge in [-0.25, -0.2) is 9.55 Å². The zero-order chi connectivity index (χ0) is 21.9. The zero-order valence-corrected chi connectivity index (χ0v) is 17.2. The van der Waals surface area contributed by atoms with E-state index in [1.807, 2.05) is 62.1 Å². The lowest BCUT2D eigenvalue weighted by molar-refractivity contribution is -0.660. The Morgan fingerprint density at radius 2 is 1.93 bits per heavy atom. The normalized spacial score (nSPS) is 13.4. The summed E-state index contributed by atoms with van der Waals surface area (Å²) in [4.78, 5) is 4.54. The first kappa shape index (κ1) is 15.7. The third kappa shape index (κ3) is 2.98. The Bertz CT molecular complexity index is 1470. The van der Waals surface area contributed by atoms with Crippen molar-refractivity contribution < 1.29 is 11.7 Å². The van der Waals surface area contributed by atoms with Gasteiger partial charge in [0, 0.05) is 31.8 Å². The maximum absolute atomic E-state index is 8.52. The molecule has 3 heterocycles. The summed E-state index contributed by atoms with van der Waals surface area (Å²) in [6.45, 7) is 5.92. The Labute approximate surface area is 173 Å². The van der Waals surface area contributed by atoms with Crippen LogP contribution in [0.3, 0.4) is 0 Å². The predicted octanol–water partition coefficient (Wildman–Crippen LogP) is 6.13. The van der Waals surface area contributed by atoms with Crippen molar-refractivity contribution in [1.29, 1.82) is 0 Å². The molecule has 0 amide bonds. The second-order valence-electron chi connectivity index (χ2n) is 8.00. The minimum Gasteiger partial charge on any atom is -0.438 e. The van der Waals surface area contributed by atoms with Crippen LogP contribution in [0.25, 0.3) is 44.1 Å². The Kier molecular flexibility index (Phi) is 3.62. The number of aryl methyl sites for hydroxylation is 2. The summed E-state index contributed by atoms with van der Waals surface area (Å²) < 4.78 is 25.2. The number of furan rings is 1. The van der Waals surface area contributed by atoms with E-state index in [0.717, 1.165) is 43.9 Å². The standard InChI is InChI=1S/C26H25N2O/c1-16(2)11-18-9-10-28(4)23(13-18)21-14-24-22(12-17(21)3)25-20-8-6-5-7-19(20)15-27-26(25)29-24/h5-10,12-16H,11H2,1-4H3/q+1/i11D2. The lowest BCUT2D eigenvalue weighted by Gasteiger charge is -2.08. The lowest BCUT2D eigenvalue weighted by Crippen LogP contribution is -2.30. The van der Waals surface area contributed by atoms with E-state index >= 15 is 0 Å². The molecule has 0 bridgehead atoms. The third-order valence-electron chi connectivity index (χ3n) is 5.45. The molecule has 0 aliphatic heterocycles. The highest BCUT2D eigenvalue weighted by Crippen LogP contribution is 2.36. The van der Waals surface area contributed by atoms with Gasteiger partial charge >= 0.3 is 0 Å².